The van der Waals surface area contributed by atoms with Crippen molar-refractivity contribution in [1.82, 2.24) is 0 Å². The summed E-state index contributed by atoms with van der Waals surface area (Å²) in [6, 6.07) is 0. The largest absolute Gasteiger partial charge is 0.481 e. The van der Waals surface area contributed by atoms with E-state index in [0.29, 0.717) is 25.0 Å². The molecule has 0 unspecified atom stereocenters. The highest BCUT2D eigenvalue weighted by atomic mass is 16.4. The third-order valence-electron chi connectivity index (χ3n) is 2.91. The van der Waals surface area contributed by atoms with Crippen molar-refractivity contribution in [2.24, 2.45) is 0 Å². The summed E-state index contributed by atoms with van der Waals surface area (Å²) in [6.07, 6.45) is 9.99. The lowest BCUT2D eigenvalue weighted by molar-refractivity contribution is -0.137. The molecule has 0 amide bonds. The van der Waals surface area contributed by atoms with Gasteiger partial charge in [-0.2, -0.15) is 0 Å². The van der Waals surface area contributed by atoms with Gasteiger partial charge in [0.05, 0.1) is 0 Å². The highest BCUT2D eigenvalue weighted by Gasteiger charge is 2.03. The van der Waals surface area contributed by atoms with Crippen LogP contribution in [0.4, 0.5) is 0 Å². The summed E-state index contributed by atoms with van der Waals surface area (Å²) in [5.74, 6) is -0.473. The summed E-state index contributed by atoms with van der Waals surface area (Å²) in [7, 11) is 0. The van der Waals surface area contributed by atoms with E-state index in [1.54, 1.807) is 0 Å². The molecule has 100 valence electrons. The van der Waals surface area contributed by atoms with Crippen LogP contribution in [0.3, 0.4) is 0 Å². The Hall–Kier alpha value is -0.860. The van der Waals surface area contributed by atoms with Gasteiger partial charge in [0, 0.05) is 19.3 Å². The predicted octanol–water partition coefficient (Wildman–Crippen LogP) is 3.95. The maximum Gasteiger partial charge on any atom is 0.303 e. The van der Waals surface area contributed by atoms with Crippen LogP contribution in [0.1, 0.15) is 77.6 Å². The van der Waals surface area contributed by atoms with Crippen molar-refractivity contribution in [3.8, 4) is 0 Å². The number of aliphatic carboxylic acids is 1. The van der Waals surface area contributed by atoms with Crippen molar-refractivity contribution < 1.29 is 14.7 Å². The number of carboxylic acid groups (broad SMARTS) is 1. The summed E-state index contributed by atoms with van der Waals surface area (Å²) in [5.41, 5.74) is 0. The van der Waals surface area contributed by atoms with Crippen LogP contribution in [0.15, 0.2) is 0 Å². The molecule has 0 fully saturated rings. The second-order valence-corrected chi connectivity index (χ2v) is 4.66. The smallest absolute Gasteiger partial charge is 0.303 e. The summed E-state index contributed by atoms with van der Waals surface area (Å²) in [5, 5.41) is 8.44. The van der Waals surface area contributed by atoms with E-state index in [1.165, 1.54) is 25.7 Å². The van der Waals surface area contributed by atoms with Gasteiger partial charge in [0.25, 0.3) is 0 Å². The second kappa shape index (κ2) is 11.6. The number of carbonyl (C=O) groups excluding carboxylic acids is 1. The Balaban J connectivity index is 3.20. The van der Waals surface area contributed by atoms with Gasteiger partial charge in [0.1, 0.15) is 5.78 Å². The molecule has 0 radical (unpaired) electrons. The topological polar surface area (TPSA) is 54.4 Å². The van der Waals surface area contributed by atoms with Crippen LogP contribution in [0.5, 0.6) is 0 Å². The van der Waals surface area contributed by atoms with E-state index in [4.69, 9.17) is 5.11 Å². The summed E-state index contributed by atoms with van der Waals surface area (Å²) in [6.45, 7) is 2.20. The lowest BCUT2D eigenvalue weighted by Crippen LogP contribution is -1.99. The SMILES string of the molecule is CCCCCCCCC(=O)CCCCC(=O)O. The van der Waals surface area contributed by atoms with Gasteiger partial charge < -0.3 is 5.11 Å². The van der Waals surface area contributed by atoms with Crippen LogP contribution < -0.4 is 0 Å². The zero-order valence-corrected chi connectivity index (χ0v) is 11.0. The number of hydrogen-bond donors (Lipinski definition) is 1. The highest BCUT2D eigenvalue weighted by Crippen LogP contribution is 2.09. The molecule has 0 aliphatic rings. The van der Waals surface area contributed by atoms with Crippen LogP contribution in [-0.4, -0.2) is 16.9 Å². The fourth-order valence-corrected chi connectivity index (χ4v) is 1.83. The molecule has 0 atom stereocenters. The number of unbranched alkanes of at least 4 members (excludes halogenated alkanes) is 6. The molecule has 3 heteroatoms. The fourth-order valence-electron chi connectivity index (χ4n) is 1.83. The first-order chi connectivity index (χ1) is 8.16. The average molecular weight is 242 g/mol. The zero-order chi connectivity index (χ0) is 12.9. The Bertz CT molecular complexity index is 212. The van der Waals surface area contributed by atoms with Crippen molar-refractivity contribution in [3.63, 3.8) is 0 Å². The molecule has 0 aromatic rings. The lowest BCUT2D eigenvalue weighted by atomic mass is 10.0. The lowest BCUT2D eigenvalue weighted by Gasteiger charge is -2.01. The molecule has 0 saturated carbocycles. The Morgan fingerprint density at radius 3 is 1.82 bits per heavy atom. The van der Waals surface area contributed by atoms with E-state index in [-0.39, 0.29) is 6.42 Å². The first-order valence-electron chi connectivity index (χ1n) is 6.90. The highest BCUT2D eigenvalue weighted by molar-refractivity contribution is 5.78. The van der Waals surface area contributed by atoms with Gasteiger partial charge in [-0.15, -0.1) is 0 Å². The molecule has 0 heterocycles. The minimum atomic E-state index is -0.770. The van der Waals surface area contributed by atoms with Gasteiger partial charge in [-0.05, 0) is 19.3 Å². The van der Waals surface area contributed by atoms with E-state index in [9.17, 15) is 9.59 Å². The maximum absolute atomic E-state index is 11.4. The Kier molecular flexibility index (Phi) is 11.0. The zero-order valence-electron chi connectivity index (χ0n) is 11.0. The number of rotatable bonds is 12. The van der Waals surface area contributed by atoms with E-state index in [2.05, 4.69) is 6.92 Å². The number of ketones is 1. The minimum Gasteiger partial charge on any atom is -0.481 e. The molecule has 0 aliphatic carbocycles. The van der Waals surface area contributed by atoms with Crippen molar-refractivity contribution in [2.75, 3.05) is 0 Å². The van der Waals surface area contributed by atoms with E-state index >= 15 is 0 Å². The summed E-state index contributed by atoms with van der Waals surface area (Å²) in [4.78, 5) is 21.7. The molecule has 0 bridgehead atoms. The molecule has 0 rings (SSSR count). The Labute approximate surface area is 105 Å². The predicted molar refractivity (Wildman–Crippen MR) is 69.1 cm³/mol. The van der Waals surface area contributed by atoms with Crippen LogP contribution >= 0.6 is 0 Å². The van der Waals surface area contributed by atoms with Crippen LogP contribution in [0, 0.1) is 0 Å². The minimum absolute atomic E-state index is 0.185. The molecular weight excluding hydrogens is 216 g/mol. The van der Waals surface area contributed by atoms with Crippen LogP contribution in [0.2, 0.25) is 0 Å². The molecular formula is C14H26O3. The first kappa shape index (κ1) is 16.1. The van der Waals surface area contributed by atoms with Crippen molar-refractivity contribution >= 4 is 11.8 Å². The molecule has 1 N–H and O–H groups in total. The molecule has 17 heavy (non-hydrogen) atoms. The Morgan fingerprint density at radius 1 is 0.765 bits per heavy atom. The first-order valence-corrected chi connectivity index (χ1v) is 6.90. The molecule has 0 spiro atoms. The Morgan fingerprint density at radius 2 is 1.24 bits per heavy atom. The summed E-state index contributed by atoms with van der Waals surface area (Å²) >= 11 is 0. The normalized spacial score (nSPS) is 10.4. The number of hydrogen-bond acceptors (Lipinski definition) is 2. The molecule has 0 aromatic heterocycles. The fraction of sp³-hybridized carbons (Fsp3) is 0.857. The van der Waals surface area contributed by atoms with E-state index in [1.807, 2.05) is 0 Å². The van der Waals surface area contributed by atoms with Gasteiger partial charge in [0.2, 0.25) is 0 Å². The van der Waals surface area contributed by atoms with Gasteiger partial charge in [0.15, 0.2) is 0 Å². The van der Waals surface area contributed by atoms with E-state index < -0.39 is 5.97 Å². The molecule has 0 saturated heterocycles. The monoisotopic (exact) mass is 242 g/mol. The van der Waals surface area contributed by atoms with Crippen molar-refractivity contribution in [1.29, 1.82) is 0 Å². The average Bonchev–Trinajstić information content (AvgIpc) is 2.29. The third kappa shape index (κ3) is 13.1. The summed E-state index contributed by atoms with van der Waals surface area (Å²) < 4.78 is 0. The number of Topliss-reactive ketones (excluding diaryl/α,β-unsaturated/α-hetero) is 1. The quantitative estimate of drug-likeness (QED) is 0.527. The number of carbonyl (C=O) groups is 2. The van der Waals surface area contributed by atoms with Gasteiger partial charge in [-0.25, -0.2) is 0 Å². The van der Waals surface area contributed by atoms with Crippen molar-refractivity contribution in [3.05, 3.63) is 0 Å². The van der Waals surface area contributed by atoms with Gasteiger partial charge in [-0.1, -0.05) is 39.0 Å². The van der Waals surface area contributed by atoms with Crippen LogP contribution in [0.25, 0.3) is 0 Å². The number of carboxylic acids is 1. The standard InChI is InChI=1S/C14H26O3/c1-2-3-4-5-6-7-10-13(15)11-8-9-12-14(16)17/h2-12H2,1H3,(H,16,17). The van der Waals surface area contributed by atoms with Crippen molar-refractivity contribution in [2.45, 2.75) is 77.6 Å². The third-order valence-corrected chi connectivity index (χ3v) is 2.91. The molecule has 0 aromatic carbocycles. The maximum atomic E-state index is 11.4. The molecule has 3 nitrogen and oxygen atoms in total. The molecule has 0 aliphatic heterocycles. The van der Waals surface area contributed by atoms with Crippen LogP contribution in [-0.2, 0) is 9.59 Å². The van der Waals surface area contributed by atoms with Gasteiger partial charge >= 0.3 is 5.97 Å². The second-order valence-electron chi connectivity index (χ2n) is 4.66. The van der Waals surface area contributed by atoms with Gasteiger partial charge in [-0.3, -0.25) is 9.59 Å². The van der Waals surface area contributed by atoms with E-state index in [0.717, 1.165) is 19.3 Å².